The highest BCUT2D eigenvalue weighted by Gasteiger charge is 2.28. The molecule has 1 atom stereocenters. The van der Waals surface area contributed by atoms with Crippen molar-refractivity contribution in [1.29, 1.82) is 0 Å². The summed E-state index contributed by atoms with van der Waals surface area (Å²) in [6.45, 7) is 5.09. The van der Waals surface area contributed by atoms with Crippen LogP contribution in [0.2, 0.25) is 0 Å². The van der Waals surface area contributed by atoms with Gasteiger partial charge in [0.1, 0.15) is 5.75 Å². The predicted molar refractivity (Wildman–Crippen MR) is 135 cm³/mol. The lowest BCUT2D eigenvalue weighted by atomic mass is 10.1. The second kappa shape index (κ2) is 10.2. The van der Waals surface area contributed by atoms with Crippen molar-refractivity contribution in [3.8, 4) is 11.4 Å². The first-order valence-electron chi connectivity index (χ1n) is 12.0. The minimum absolute atomic E-state index is 0.102. The number of methoxy groups -OCH3 is 1. The number of carbonyl (C=O) groups is 1. The third-order valence-corrected chi connectivity index (χ3v) is 7.73. The van der Waals surface area contributed by atoms with Gasteiger partial charge in [-0.05, 0) is 75.2 Å². The van der Waals surface area contributed by atoms with E-state index >= 15 is 0 Å². The van der Waals surface area contributed by atoms with E-state index in [1.807, 2.05) is 47.4 Å². The van der Waals surface area contributed by atoms with Gasteiger partial charge >= 0.3 is 0 Å². The van der Waals surface area contributed by atoms with Gasteiger partial charge in [0.15, 0.2) is 11.0 Å². The highest BCUT2D eigenvalue weighted by Crippen LogP contribution is 2.32. The van der Waals surface area contributed by atoms with E-state index in [2.05, 4.69) is 32.7 Å². The van der Waals surface area contributed by atoms with E-state index in [9.17, 15) is 4.79 Å². The minimum atomic E-state index is 0.102. The lowest BCUT2D eigenvalue weighted by Gasteiger charge is -2.31. The van der Waals surface area contributed by atoms with Crippen LogP contribution in [0, 0.1) is 0 Å². The number of rotatable bonds is 7. The first-order chi connectivity index (χ1) is 16.7. The third-order valence-electron chi connectivity index (χ3n) is 6.81. The van der Waals surface area contributed by atoms with Crippen LogP contribution in [-0.4, -0.2) is 58.1 Å². The molecular formula is C26H31N5O2S. The van der Waals surface area contributed by atoms with E-state index in [0.29, 0.717) is 5.75 Å². The maximum atomic E-state index is 13.1. The van der Waals surface area contributed by atoms with Gasteiger partial charge in [-0.1, -0.05) is 36.4 Å². The number of benzene rings is 2. The number of aromatic nitrogens is 3. The standard InChI is InChI=1S/C26H31N5O2S/c1-19(29-15-6-3-7-16-29)25-27-28-26(31(25)21-10-12-22(33-2)13-11-21)34-18-24(32)30-17-14-20-8-4-5-9-23(20)30/h4-5,8-13,19H,3,6-7,14-18H2,1-2H3. The van der Waals surface area contributed by atoms with Crippen molar-refractivity contribution in [2.75, 3.05) is 37.4 Å². The average Bonchev–Trinajstić information content (AvgIpc) is 3.52. The summed E-state index contributed by atoms with van der Waals surface area (Å²) in [5.74, 6) is 2.14. The second-order valence-corrected chi connectivity index (χ2v) is 9.80. The van der Waals surface area contributed by atoms with Crippen molar-refractivity contribution in [2.24, 2.45) is 0 Å². The third kappa shape index (κ3) is 4.57. The number of thioether (sulfide) groups is 1. The fraction of sp³-hybridized carbons (Fsp3) is 0.423. The highest BCUT2D eigenvalue weighted by atomic mass is 32.2. The van der Waals surface area contributed by atoms with Crippen molar-refractivity contribution in [3.63, 3.8) is 0 Å². The van der Waals surface area contributed by atoms with Crippen molar-refractivity contribution in [2.45, 2.75) is 43.8 Å². The van der Waals surface area contributed by atoms with Crippen LogP contribution >= 0.6 is 11.8 Å². The first kappa shape index (κ1) is 22.9. The zero-order valence-electron chi connectivity index (χ0n) is 19.8. The Morgan fingerprint density at radius 1 is 1.03 bits per heavy atom. The SMILES string of the molecule is COc1ccc(-n2c(SCC(=O)N3CCc4ccccc43)nnc2C(C)N2CCCCC2)cc1. The molecule has 2 aromatic carbocycles. The molecule has 3 heterocycles. The molecule has 0 aliphatic carbocycles. The number of carbonyl (C=O) groups excluding carboxylic acids is 1. The number of nitrogens with zero attached hydrogens (tertiary/aromatic N) is 5. The first-order valence-corrected chi connectivity index (χ1v) is 13.0. The molecule has 0 radical (unpaired) electrons. The summed E-state index contributed by atoms with van der Waals surface area (Å²) in [6, 6.07) is 16.2. The van der Waals surface area contributed by atoms with Crippen LogP contribution in [0.3, 0.4) is 0 Å². The Hall–Kier alpha value is -2.84. The molecule has 0 bridgehead atoms. The molecular weight excluding hydrogens is 446 g/mol. The molecule has 0 spiro atoms. The van der Waals surface area contributed by atoms with E-state index in [1.54, 1.807) is 7.11 Å². The van der Waals surface area contributed by atoms with Gasteiger partial charge in [-0.15, -0.1) is 10.2 Å². The quantitative estimate of drug-likeness (QED) is 0.467. The summed E-state index contributed by atoms with van der Waals surface area (Å²) in [6.07, 6.45) is 4.63. The number of likely N-dealkylation sites (tertiary alicyclic amines) is 1. The van der Waals surface area contributed by atoms with Crippen LogP contribution in [0.15, 0.2) is 53.7 Å². The molecule has 2 aliphatic heterocycles. The lowest BCUT2D eigenvalue weighted by molar-refractivity contribution is -0.116. The van der Waals surface area contributed by atoms with Crippen molar-refractivity contribution < 1.29 is 9.53 Å². The Bertz CT molecular complexity index is 1140. The fourth-order valence-corrected chi connectivity index (χ4v) is 5.72. The van der Waals surface area contributed by atoms with Gasteiger partial charge in [-0.3, -0.25) is 14.3 Å². The van der Waals surface area contributed by atoms with Gasteiger partial charge in [-0.25, -0.2) is 0 Å². The Kier molecular flexibility index (Phi) is 6.87. The Balaban J connectivity index is 1.40. The molecule has 2 aliphatic rings. The summed E-state index contributed by atoms with van der Waals surface area (Å²) in [5.41, 5.74) is 3.25. The zero-order valence-corrected chi connectivity index (χ0v) is 20.6. The number of ether oxygens (including phenoxy) is 1. The zero-order chi connectivity index (χ0) is 23.5. The summed E-state index contributed by atoms with van der Waals surface area (Å²) in [4.78, 5) is 17.5. The molecule has 0 N–H and O–H groups in total. The summed E-state index contributed by atoms with van der Waals surface area (Å²) >= 11 is 1.45. The maximum absolute atomic E-state index is 13.1. The molecule has 8 heteroatoms. The molecule has 1 fully saturated rings. The van der Waals surface area contributed by atoms with Crippen LogP contribution < -0.4 is 9.64 Å². The maximum Gasteiger partial charge on any atom is 0.237 e. The van der Waals surface area contributed by atoms with Gasteiger partial charge < -0.3 is 9.64 Å². The van der Waals surface area contributed by atoms with Crippen molar-refractivity contribution in [1.82, 2.24) is 19.7 Å². The number of hydrogen-bond acceptors (Lipinski definition) is 6. The molecule has 7 nitrogen and oxygen atoms in total. The van der Waals surface area contributed by atoms with Crippen LogP contribution in [-0.2, 0) is 11.2 Å². The Labute approximate surface area is 205 Å². The smallest absolute Gasteiger partial charge is 0.237 e. The number of amides is 1. The van der Waals surface area contributed by atoms with Crippen molar-refractivity contribution in [3.05, 3.63) is 59.9 Å². The molecule has 1 saturated heterocycles. The van der Waals surface area contributed by atoms with Crippen LogP contribution in [0.1, 0.15) is 43.6 Å². The fourth-order valence-electron chi connectivity index (χ4n) is 4.89. The molecule has 1 aromatic heterocycles. The summed E-state index contributed by atoms with van der Waals surface area (Å²) in [7, 11) is 1.67. The summed E-state index contributed by atoms with van der Waals surface area (Å²) < 4.78 is 7.46. The van der Waals surface area contributed by atoms with E-state index < -0.39 is 0 Å². The van der Waals surface area contributed by atoms with Crippen LogP contribution in [0.5, 0.6) is 5.75 Å². The van der Waals surface area contributed by atoms with Gasteiger partial charge in [0.2, 0.25) is 5.91 Å². The Morgan fingerprint density at radius 3 is 2.56 bits per heavy atom. The largest absolute Gasteiger partial charge is 0.497 e. The topological polar surface area (TPSA) is 63.5 Å². The van der Waals surface area contributed by atoms with E-state index in [0.717, 1.165) is 54.2 Å². The van der Waals surface area contributed by atoms with Gasteiger partial charge in [-0.2, -0.15) is 0 Å². The molecule has 3 aromatic rings. The molecule has 0 saturated carbocycles. The second-order valence-electron chi connectivity index (χ2n) is 8.86. The monoisotopic (exact) mass is 477 g/mol. The molecule has 5 rings (SSSR count). The number of hydrogen-bond donors (Lipinski definition) is 0. The molecule has 34 heavy (non-hydrogen) atoms. The molecule has 1 unspecified atom stereocenters. The average molecular weight is 478 g/mol. The molecule has 178 valence electrons. The van der Waals surface area contributed by atoms with E-state index in [1.165, 1.54) is 36.6 Å². The van der Waals surface area contributed by atoms with Crippen LogP contribution in [0.25, 0.3) is 5.69 Å². The van der Waals surface area contributed by atoms with E-state index in [-0.39, 0.29) is 11.9 Å². The number of piperidine rings is 1. The van der Waals surface area contributed by atoms with Gasteiger partial charge in [0.05, 0.1) is 18.9 Å². The normalized spacial score (nSPS) is 16.9. The lowest BCUT2D eigenvalue weighted by Crippen LogP contribution is -2.33. The van der Waals surface area contributed by atoms with Gasteiger partial charge in [0, 0.05) is 17.9 Å². The van der Waals surface area contributed by atoms with E-state index in [4.69, 9.17) is 4.74 Å². The number of anilines is 1. The Morgan fingerprint density at radius 2 is 1.79 bits per heavy atom. The van der Waals surface area contributed by atoms with Gasteiger partial charge in [0.25, 0.3) is 0 Å². The van der Waals surface area contributed by atoms with Crippen LogP contribution in [0.4, 0.5) is 5.69 Å². The minimum Gasteiger partial charge on any atom is -0.497 e. The molecule has 1 amide bonds. The number of fused-ring (bicyclic) bond motifs is 1. The summed E-state index contributed by atoms with van der Waals surface area (Å²) in [5, 5.41) is 9.90. The number of para-hydroxylation sites is 1. The predicted octanol–water partition coefficient (Wildman–Crippen LogP) is 4.50. The van der Waals surface area contributed by atoms with Crippen molar-refractivity contribution >= 4 is 23.4 Å². The highest BCUT2D eigenvalue weighted by molar-refractivity contribution is 7.99.